The first kappa shape index (κ1) is 16.9. The van der Waals surface area contributed by atoms with E-state index in [9.17, 15) is 18.8 Å². The number of halogens is 1. The second kappa shape index (κ2) is 7.21. The largest absolute Gasteiger partial charge is 0.357 e. The average Bonchev–Trinajstić information content (AvgIpc) is 2.55. The van der Waals surface area contributed by atoms with Gasteiger partial charge in [0.2, 0.25) is 17.7 Å². The molecule has 1 aromatic carbocycles. The molecule has 0 radical (unpaired) electrons. The molecule has 2 rings (SSSR count). The van der Waals surface area contributed by atoms with Gasteiger partial charge in [0.05, 0.1) is 13.0 Å². The summed E-state index contributed by atoms with van der Waals surface area (Å²) in [5.74, 6) is -1.21. The monoisotopic (exact) mass is 321 g/mol. The molecule has 1 atom stereocenters. The van der Waals surface area contributed by atoms with Crippen LogP contribution in [0.25, 0.3) is 0 Å². The lowest BCUT2D eigenvalue weighted by atomic mass is 10.1. The number of piperazine rings is 1. The maximum atomic E-state index is 13.7. The molecule has 1 N–H and O–H groups in total. The highest BCUT2D eigenvalue weighted by molar-refractivity contribution is 5.88. The van der Waals surface area contributed by atoms with Gasteiger partial charge in [0.25, 0.3) is 0 Å². The Morgan fingerprint density at radius 3 is 2.57 bits per heavy atom. The predicted molar refractivity (Wildman–Crippen MR) is 81.9 cm³/mol. The predicted octanol–water partition coefficient (Wildman–Crippen LogP) is 0.174. The molecule has 7 heteroatoms. The Bertz CT molecular complexity index is 620. The summed E-state index contributed by atoms with van der Waals surface area (Å²) in [4.78, 5) is 38.9. The molecule has 0 spiro atoms. The van der Waals surface area contributed by atoms with Gasteiger partial charge in [0.15, 0.2) is 0 Å². The smallest absolute Gasteiger partial charge is 0.244 e. The van der Waals surface area contributed by atoms with E-state index < -0.39 is 11.9 Å². The second-order valence-corrected chi connectivity index (χ2v) is 5.45. The van der Waals surface area contributed by atoms with Crippen molar-refractivity contribution in [2.45, 2.75) is 19.4 Å². The quantitative estimate of drug-likeness (QED) is 0.863. The fraction of sp³-hybridized carbons (Fsp3) is 0.438. The molecule has 0 unspecified atom stereocenters. The summed E-state index contributed by atoms with van der Waals surface area (Å²) in [6, 6.07) is 5.40. The topological polar surface area (TPSA) is 69.7 Å². The average molecular weight is 321 g/mol. The van der Waals surface area contributed by atoms with Crippen LogP contribution in [-0.2, 0) is 20.8 Å². The molecule has 1 aliphatic rings. The van der Waals surface area contributed by atoms with E-state index in [0.717, 1.165) is 0 Å². The third-order valence-corrected chi connectivity index (χ3v) is 3.99. The molecule has 1 aliphatic heterocycles. The third-order valence-electron chi connectivity index (χ3n) is 3.99. The first-order valence-corrected chi connectivity index (χ1v) is 7.44. The lowest BCUT2D eigenvalue weighted by Crippen LogP contribution is -2.61. The third kappa shape index (κ3) is 3.85. The van der Waals surface area contributed by atoms with Gasteiger partial charge in [0, 0.05) is 27.1 Å². The van der Waals surface area contributed by atoms with Crippen molar-refractivity contribution in [1.29, 1.82) is 0 Å². The van der Waals surface area contributed by atoms with Crippen LogP contribution in [0.5, 0.6) is 0 Å². The Balaban J connectivity index is 2.09. The zero-order valence-electron chi connectivity index (χ0n) is 13.2. The van der Waals surface area contributed by atoms with Gasteiger partial charge < -0.3 is 15.1 Å². The maximum Gasteiger partial charge on any atom is 0.244 e. The van der Waals surface area contributed by atoms with E-state index in [1.165, 1.54) is 29.8 Å². The van der Waals surface area contributed by atoms with Gasteiger partial charge >= 0.3 is 0 Å². The van der Waals surface area contributed by atoms with E-state index in [1.807, 2.05) is 0 Å². The maximum absolute atomic E-state index is 13.7. The van der Waals surface area contributed by atoms with Crippen molar-refractivity contribution in [1.82, 2.24) is 15.1 Å². The van der Waals surface area contributed by atoms with E-state index in [2.05, 4.69) is 5.32 Å². The van der Waals surface area contributed by atoms with Crippen LogP contribution in [0.4, 0.5) is 4.39 Å². The molecule has 6 nitrogen and oxygen atoms in total. The van der Waals surface area contributed by atoms with E-state index in [-0.39, 0.29) is 37.2 Å². The highest BCUT2D eigenvalue weighted by Crippen LogP contribution is 2.14. The molecule has 1 fully saturated rings. The highest BCUT2D eigenvalue weighted by Gasteiger charge is 2.35. The molecule has 23 heavy (non-hydrogen) atoms. The zero-order valence-corrected chi connectivity index (χ0v) is 13.2. The summed E-state index contributed by atoms with van der Waals surface area (Å²) in [6.07, 6.45) is -0.0623. The van der Waals surface area contributed by atoms with Crippen molar-refractivity contribution in [2.24, 2.45) is 0 Å². The molecule has 1 saturated heterocycles. The minimum absolute atomic E-state index is 0.0623. The SMILES string of the molecule is CNC(=O)[C@H]1CN(C(=O)Cc2ccccc2F)CCN1C(C)=O. The first-order valence-electron chi connectivity index (χ1n) is 7.44. The van der Waals surface area contributed by atoms with Crippen LogP contribution in [0.15, 0.2) is 24.3 Å². The number of benzene rings is 1. The Morgan fingerprint density at radius 1 is 1.26 bits per heavy atom. The fourth-order valence-electron chi connectivity index (χ4n) is 2.69. The van der Waals surface area contributed by atoms with Crippen molar-refractivity contribution in [2.75, 3.05) is 26.7 Å². The summed E-state index contributed by atoms with van der Waals surface area (Å²) < 4.78 is 13.7. The molecule has 0 aliphatic carbocycles. The zero-order chi connectivity index (χ0) is 17.0. The van der Waals surface area contributed by atoms with Crippen molar-refractivity contribution >= 4 is 17.7 Å². The van der Waals surface area contributed by atoms with E-state index in [1.54, 1.807) is 18.2 Å². The molecule has 1 heterocycles. The fourth-order valence-corrected chi connectivity index (χ4v) is 2.69. The number of carbonyl (C=O) groups excluding carboxylic acids is 3. The standard InChI is InChI=1S/C16H20FN3O3/c1-11(21)20-8-7-19(10-14(20)16(23)18-2)15(22)9-12-5-3-4-6-13(12)17/h3-6,14H,7-10H2,1-2H3,(H,18,23)/t14-/m1/s1. The minimum atomic E-state index is -0.712. The van der Waals surface area contributed by atoms with E-state index in [0.29, 0.717) is 12.1 Å². The second-order valence-electron chi connectivity index (χ2n) is 5.45. The summed E-state index contributed by atoms with van der Waals surface area (Å²) in [7, 11) is 1.49. The van der Waals surface area contributed by atoms with E-state index in [4.69, 9.17) is 0 Å². The molecular weight excluding hydrogens is 301 g/mol. The number of amides is 3. The number of hydrogen-bond donors (Lipinski definition) is 1. The van der Waals surface area contributed by atoms with Crippen LogP contribution < -0.4 is 5.32 Å². The van der Waals surface area contributed by atoms with Gasteiger partial charge in [-0.1, -0.05) is 18.2 Å². The summed E-state index contributed by atoms with van der Waals surface area (Å²) in [6.45, 7) is 2.14. The molecule has 0 aromatic heterocycles. The summed E-state index contributed by atoms with van der Waals surface area (Å²) >= 11 is 0. The number of hydrogen-bond acceptors (Lipinski definition) is 3. The molecule has 124 valence electrons. The number of carbonyl (C=O) groups is 3. The Labute approximate surface area is 134 Å². The van der Waals surface area contributed by atoms with Crippen LogP contribution in [0.3, 0.4) is 0 Å². The number of likely N-dealkylation sites (N-methyl/N-ethyl adjacent to an activating group) is 1. The molecule has 0 bridgehead atoms. The lowest BCUT2D eigenvalue weighted by Gasteiger charge is -2.40. The van der Waals surface area contributed by atoms with Gasteiger partial charge in [-0.15, -0.1) is 0 Å². The van der Waals surface area contributed by atoms with Crippen LogP contribution >= 0.6 is 0 Å². The van der Waals surface area contributed by atoms with Crippen molar-refractivity contribution in [3.63, 3.8) is 0 Å². The van der Waals surface area contributed by atoms with Crippen molar-refractivity contribution in [3.05, 3.63) is 35.6 Å². The van der Waals surface area contributed by atoms with Gasteiger partial charge in [0.1, 0.15) is 11.9 Å². The van der Waals surface area contributed by atoms with Gasteiger partial charge in [-0.25, -0.2) is 4.39 Å². The van der Waals surface area contributed by atoms with Crippen LogP contribution in [0.2, 0.25) is 0 Å². The Kier molecular flexibility index (Phi) is 5.31. The number of rotatable bonds is 3. The van der Waals surface area contributed by atoms with Crippen molar-refractivity contribution in [3.8, 4) is 0 Å². The van der Waals surface area contributed by atoms with Crippen LogP contribution in [0, 0.1) is 5.82 Å². The van der Waals surface area contributed by atoms with Gasteiger partial charge in [-0.2, -0.15) is 0 Å². The Morgan fingerprint density at radius 2 is 1.96 bits per heavy atom. The number of nitrogens with one attached hydrogen (secondary N) is 1. The van der Waals surface area contributed by atoms with Crippen LogP contribution in [-0.4, -0.2) is 60.2 Å². The molecule has 0 saturated carbocycles. The van der Waals surface area contributed by atoms with E-state index >= 15 is 0 Å². The normalized spacial score (nSPS) is 17.8. The molecular formula is C16H20FN3O3. The summed E-state index contributed by atoms with van der Waals surface area (Å²) in [5, 5.41) is 2.51. The van der Waals surface area contributed by atoms with Gasteiger partial charge in [-0.3, -0.25) is 14.4 Å². The Hall–Kier alpha value is -2.44. The molecule has 1 aromatic rings. The minimum Gasteiger partial charge on any atom is -0.357 e. The van der Waals surface area contributed by atoms with Crippen molar-refractivity contribution < 1.29 is 18.8 Å². The first-order chi connectivity index (χ1) is 10.9. The molecule has 3 amide bonds. The number of nitrogens with zero attached hydrogens (tertiary/aromatic N) is 2. The van der Waals surface area contributed by atoms with Crippen LogP contribution in [0.1, 0.15) is 12.5 Å². The van der Waals surface area contributed by atoms with Gasteiger partial charge in [-0.05, 0) is 11.6 Å². The lowest BCUT2D eigenvalue weighted by molar-refractivity contribution is -0.146. The summed E-state index contributed by atoms with van der Waals surface area (Å²) in [5.41, 5.74) is 0.322. The highest BCUT2D eigenvalue weighted by atomic mass is 19.1.